The number of carbonyl (C=O) groups is 1. The summed E-state index contributed by atoms with van der Waals surface area (Å²) in [5.74, 6) is -3.49. The van der Waals surface area contributed by atoms with Crippen LogP contribution in [0.15, 0.2) is 66.9 Å². The summed E-state index contributed by atoms with van der Waals surface area (Å²) in [6.45, 7) is 4.70. The number of hydrogen-bond donors (Lipinski definition) is 3. The molecule has 0 fully saturated rings. The maximum Gasteiger partial charge on any atom is 0.259 e. The molecule has 0 spiro atoms. The minimum Gasteiger partial charge on any atom is -0.436 e. The van der Waals surface area contributed by atoms with E-state index in [2.05, 4.69) is 10.3 Å². The van der Waals surface area contributed by atoms with E-state index in [1.165, 1.54) is 25.1 Å². The lowest BCUT2D eigenvalue weighted by atomic mass is 10.1. The van der Waals surface area contributed by atoms with E-state index in [0.717, 1.165) is 6.54 Å². The molecule has 0 saturated heterocycles. The van der Waals surface area contributed by atoms with Gasteiger partial charge >= 0.3 is 0 Å². The Morgan fingerprint density at radius 2 is 1.84 bits per heavy atom. The zero-order valence-corrected chi connectivity index (χ0v) is 20.9. The number of pyridine rings is 1. The Balaban J connectivity index is 1.57. The second-order valence-corrected chi connectivity index (χ2v) is 8.59. The molecule has 0 aliphatic carbocycles. The molecular formula is C28H27F2N5O3. The van der Waals surface area contributed by atoms with Crippen molar-refractivity contribution in [3.05, 3.63) is 101 Å². The van der Waals surface area contributed by atoms with Crippen LogP contribution in [-0.4, -0.2) is 41.3 Å². The number of nitrogens with zero attached hydrogens (tertiary/aromatic N) is 2. The number of benzene rings is 2. The van der Waals surface area contributed by atoms with Crippen LogP contribution in [0, 0.1) is 30.9 Å². The Bertz CT molecular complexity index is 1440. The molecule has 1 aromatic heterocycles. The zero-order chi connectivity index (χ0) is 27.2. The number of hydrogen-bond acceptors (Lipinski definition) is 6. The molecule has 4 rings (SSSR count). The summed E-state index contributed by atoms with van der Waals surface area (Å²) >= 11 is 0. The molecule has 196 valence electrons. The van der Waals surface area contributed by atoms with Crippen LogP contribution in [0.1, 0.15) is 27.0 Å². The predicted molar refractivity (Wildman–Crippen MR) is 140 cm³/mol. The molecule has 10 heteroatoms. The fourth-order valence-electron chi connectivity index (χ4n) is 3.78. The Morgan fingerprint density at radius 3 is 2.55 bits per heavy atom. The smallest absolute Gasteiger partial charge is 0.259 e. The molecule has 1 amide bonds. The molecule has 0 atom stereocenters. The zero-order valence-electron chi connectivity index (χ0n) is 20.9. The van der Waals surface area contributed by atoms with Crippen molar-refractivity contribution in [1.29, 1.82) is 5.41 Å². The minimum atomic E-state index is -1.02. The van der Waals surface area contributed by atoms with Gasteiger partial charge in [0.05, 0.1) is 5.56 Å². The van der Waals surface area contributed by atoms with E-state index in [-0.39, 0.29) is 28.5 Å². The third kappa shape index (κ3) is 5.97. The summed E-state index contributed by atoms with van der Waals surface area (Å²) < 4.78 is 41.2. The number of amidine groups is 1. The fourth-order valence-corrected chi connectivity index (χ4v) is 3.78. The summed E-state index contributed by atoms with van der Waals surface area (Å²) in [6.07, 6.45) is 7.83. The van der Waals surface area contributed by atoms with Crippen LogP contribution >= 0.6 is 0 Å². The fraction of sp³-hybridized carbons (Fsp3) is 0.179. The molecular weight excluding hydrogens is 492 g/mol. The summed E-state index contributed by atoms with van der Waals surface area (Å²) in [5, 5.41) is 10.4. The first-order valence-electron chi connectivity index (χ1n) is 11.9. The molecule has 38 heavy (non-hydrogen) atoms. The van der Waals surface area contributed by atoms with E-state index in [1.807, 2.05) is 29.3 Å². The maximum absolute atomic E-state index is 15.0. The van der Waals surface area contributed by atoms with Crippen molar-refractivity contribution in [3.63, 3.8) is 0 Å². The van der Waals surface area contributed by atoms with Crippen molar-refractivity contribution in [2.75, 3.05) is 19.6 Å². The highest BCUT2D eigenvalue weighted by molar-refractivity contribution is 5.98. The second kappa shape index (κ2) is 11.5. The van der Waals surface area contributed by atoms with Gasteiger partial charge in [0.1, 0.15) is 17.3 Å². The Morgan fingerprint density at radius 1 is 1.11 bits per heavy atom. The van der Waals surface area contributed by atoms with Crippen LogP contribution in [0.4, 0.5) is 8.78 Å². The van der Waals surface area contributed by atoms with Crippen LogP contribution in [0.3, 0.4) is 0 Å². The number of nitrogen functional groups attached to an aromatic ring is 1. The third-order valence-corrected chi connectivity index (χ3v) is 5.83. The number of aromatic nitrogens is 1. The van der Waals surface area contributed by atoms with Crippen molar-refractivity contribution in [1.82, 2.24) is 15.2 Å². The summed E-state index contributed by atoms with van der Waals surface area (Å²) in [6, 6.07) is 11.0. The van der Waals surface area contributed by atoms with Gasteiger partial charge in [0, 0.05) is 30.8 Å². The van der Waals surface area contributed by atoms with Crippen molar-refractivity contribution in [2.45, 2.75) is 13.8 Å². The van der Waals surface area contributed by atoms with Crippen molar-refractivity contribution >= 4 is 11.7 Å². The SMILES string of the molecule is Cc1cccc(Oc2nc(Oc3cccc(C(=N)N)c3)c(F)c(C)c2F)c1C(=O)NCCN1C=CC=CC1. The number of carbonyl (C=O) groups excluding carboxylic acids is 1. The van der Waals surface area contributed by atoms with Gasteiger partial charge in [-0.25, -0.2) is 8.78 Å². The number of halogens is 2. The molecule has 2 heterocycles. The molecule has 8 nitrogen and oxygen atoms in total. The number of amides is 1. The first-order valence-corrected chi connectivity index (χ1v) is 11.9. The van der Waals surface area contributed by atoms with Crippen LogP contribution < -0.4 is 20.5 Å². The number of ether oxygens (including phenoxy) is 2. The van der Waals surface area contributed by atoms with Gasteiger partial charge in [-0.3, -0.25) is 10.2 Å². The first-order chi connectivity index (χ1) is 18.2. The Kier molecular flexibility index (Phi) is 8.00. The summed E-state index contributed by atoms with van der Waals surface area (Å²) in [4.78, 5) is 19.0. The van der Waals surface area contributed by atoms with Gasteiger partial charge in [0.2, 0.25) is 0 Å². The van der Waals surface area contributed by atoms with Crippen molar-refractivity contribution < 1.29 is 23.0 Å². The monoisotopic (exact) mass is 519 g/mol. The average Bonchev–Trinajstić information content (AvgIpc) is 2.91. The van der Waals surface area contributed by atoms with E-state index in [4.69, 9.17) is 20.6 Å². The number of nitrogens with one attached hydrogen (secondary N) is 2. The predicted octanol–water partition coefficient (Wildman–Crippen LogP) is 4.96. The van der Waals surface area contributed by atoms with Gasteiger partial charge in [-0.05, 0) is 49.9 Å². The highest BCUT2D eigenvalue weighted by atomic mass is 19.1. The largest absolute Gasteiger partial charge is 0.436 e. The number of nitrogens with two attached hydrogens (primary N) is 1. The van der Waals surface area contributed by atoms with Crippen LogP contribution in [0.2, 0.25) is 0 Å². The van der Waals surface area contributed by atoms with Crippen LogP contribution in [0.5, 0.6) is 23.3 Å². The van der Waals surface area contributed by atoms with E-state index in [9.17, 15) is 9.18 Å². The lowest BCUT2D eigenvalue weighted by Crippen LogP contribution is -2.33. The lowest BCUT2D eigenvalue weighted by molar-refractivity contribution is 0.0948. The number of aryl methyl sites for hydroxylation is 1. The molecule has 3 aromatic rings. The quantitative estimate of drug-likeness (QED) is 0.272. The molecule has 1 aliphatic rings. The summed E-state index contributed by atoms with van der Waals surface area (Å²) in [7, 11) is 0. The van der Waals surface area contributed by atoms with Gasteiger partial charge in [0.25, 0.3) is 17.7 Å². The van der Waals surface area contributed by atoms with Gasteiger partial charge in [-0.1, -0.05) is 36.4 Å². The van der Waals surface area contributed by atoms with Crippen LogP contribution in [-0.2, 0) is 0 Å². The van der Waals surface area contributed by atoms with Crippen molar-refractivity contribution in [2.24, 2.45) is 5.73 Å². The Hall–Kier alpha value is -4.73. The molecule has 0 saturated carbocycles. The minimum absolute atomic E-state index is 0.0604. The normalized spacial score (nSPS) is 12.4. The topological polar surface area (TPSA) is 114 Å². The second-order valence-electron chi connectivity index (χ2n) is 8.59. The standard InChI is InChI=1S/C28H27F2N5O3/c1-17-8-6-11-21(22(17)26(36)33-12-15-35-13-4-3-5-14-35)38-28-24(30)18(2)23(29)27(34-28)37-20-10-7-9-19(16-20)25(31)32/h3-11,13,16H,12,14-15H2,1-2H3,(H3,31,32)(H,33,36). The number of rotatable bonds is 9. The number of allylic oxidation sites excluding steroid dienone is 2. The molecule has 2 aromatic carbocycles. The summed E-state index contributed by atoms with van der Waals surface area (Å²) in [5.41, 5.74) is 6.32. The van der Waals surface area contributed by atoms with E-state index >= 15 is 4.39 Å². The van der Waals surface area contributed by atoms with Gasteiger partial charge in [0.15, 0.2) is 11.6 Å². The van der Waals surface area contributed by atoms with Gasteiger partial charge in [-0.15, -0.1) is 0 Å². The highest BCUT2D eigenvalue weighted by Gasteiger charge is 2.23. The van der Waals surface area contributed by atoms with Crippen LogP contribution in [0.25, 0.3) is 0 Å². The third-order valence-electron chi connectivity index (χ3n) is 5.83. The molecule has 0 unspecified atom stereocenters. The first kappa shape index (κ1) is 26.3. The van der Waals surface area contributed by atoms with E-state index in [1.54, 1.807) is 31.2 Å². The van der Waals surface area contributed by atoms with Crippen molar-refractivity contribution in [3.8, 4) is 23.3 Å². The van der Waals surface area contributed by atoms with E-state index < -0.39 is 29.3 Å². The van der Waals surface area contributed by atoms with Gasteiger partial charge < -0.3 is 25.4 Å². The van der Waals surface area contributed by atoms with Gasteiger partial charge in [-0.2, -0.15) is 4.98 Å². The van der Waals surface area contributed by atoms with E-state index in [0.29, 0.717) is 24.2 Å². The lowest BCUT2D eigenvalue weighted by Gasteiger charge is -2.21. The average molecular weight is 520 g/mol. The maximum atomic E-state index is 15.0. The molecule has 1 aliphatic heterocycles. The highest BCUT2D eigenvalue weighted by Crippen LogP contribution is 2.34. The molecule has 0 radical (unpaired) electrons. The Labute approximate surface area is 218 Å². The molecule has 0 bridgehead atoms. The molecule has 4 N–H and O–H groups in total.